The number of aliphatic hydroxyl groups excluding tert-OH is 2. The molecule has 4 amide bonds. The van der Waals surface area contributed by atoms with Crippen LogP contribution in [0.5, 0.6) is 0 Å². The molecule has 0 bridgehead atoms. The maximum absolute atomic E-state index is 12.1. The van der Waals surface area contributed by atoms with Gasteiger partial charge in [-0.3, -0.25) is 0 Å². The minimum absolute atomic E-state index is 0.00686. The quantitative estimate of drug-likeness (QED) is 0.374. The van der Waals surface area contributed by atoms with Gasteiger partial charge >= 0.3 is 12.1 Å². The number of carbonyl (C=O) groups excluding carboxylic acids is 2. The molecule has 0 aromatic carbocycles. The first-order valence-corrected chi connectivity index (χ1v) is 6.12. The summed E-state index contributed by atoms with van der Waals surface area (Å²) in [5, 5.41) is 23.7. The van der Waals surface area contributed by atoms with Crippen molar-refractivity contribution in [2.75, 3.05) is 10.2 Å². The number of primary amides is 1. The molecule has 1 aromatic heterocycles. The molecule has 9 nitrogen and oxygen atoms in total. The Labute approximate surface area is 126 Å². The summed E-state index contributed by atoms with van der Waals surface area (Å²) in [5.74, 6) is 0.00686. The monoisotopic (exact) mass is 307 g/mol. The van der Waals surface area contributed by atoms with Gasteiger partial charge in [-0.25, -0.2) is 19.5 Å². The van der Waals surface area contributed by atoms with Crippen molar-refractivity contribution < 1.29 is 19.8 Å². The highest BCUT2D eigenvalue weighted by atomic mass is 16.3. The molecule has 1 heterocycles. The summed E-state index contributed by atoms with van der Waals surface area (Å²) in [6, 6.07) is 1.13. The summed E-state index contributed by atoms with van der Waals surface area (Å²) in [5.41, 5.74) is 5.28. The second kappa shape index (κ2) is 7.76. The average molecular weight is 307 g/mol. The Morgan fingerprint density at radius 2 is 2.05 bits per heavy atom. The Morgan fingerprint density at radius 3 is 2.59 bits per heavy atom. The lowest BCUT2D eigenvalue weighted by Gasteiger charge is -2.26. The molecule has 9 heteroatoms. The SMILES string of the molecule is C=CC(O)NC(=O)N(c1cc(NC(N)=O)ccn1)C(O)C=C. The molecule has 0 aliphatic rings. The number of rotatable bonds is 6. The number of hydrogen-bond donors (Lipinski definition) is 5. The second-order valence-electron chi connectivity index (χ2n) is 4.04. The largest absolute Gasteiger partial charge is 0.370 e. The maximum atomic E-state index is 12.1. The number of anilines is 2. The number of hydrogen-bond acceptors (Lipinski definition) is 5. The third kappa shape index (κ3) is 4.58. The third-order valence-electron chi connectivity index (χ3n) is 2.45. The zero-order chi connectivity index (χ0) is 16.7. The first-order valence-electron chi connectivity index (χ1n) is 6.12. The molecule has 0 aliphatic heterocycles. The van der Waals surface area contributed by atoms with Crippen LogP contribution in [0.3, 0.4) is 0 Å². The number of urea groups is 2. The molecular weight excluding hydrogens is 290 g/mol. The molecule has 0 spiro atoms. The molecule has 22 heavy (non-hydrogen) atoms. The van der Waals surface area contributed by atoms with Crippen LogP contribution in [0.1, 0.15) is 0 Å². The smallest absolute Gasteiger partial charge is 0.327 e. The molecule has 1 rings (SSSR count). The molecule has 0 fully saturated rings. The Bertz CT molecular complexity index is 577. The number of aromatic nitrogens is 1. The molecule has 1 aromatic rings. The number of pyridine rings is 1. The van der Waals surface area contributed by atoms with Gasteiger partial charge in [0.1, 0.15) is 12.0 Å². The van der Waals surface area contributed by atoms with E-state index in [1.807, 2.05) is 0 Å². The molecule has 2 atom stereocenters. The van der Waals surface area contributed by atoms with Gasteiger partial charge in [-0.15, -0.1) is 0 Å². The summed E-state index contributed by atoms with van der Waals surface area (Å²) in [4.78, 5) is 27.7. The fourth-order valence-electron chi connectivity index (χ4n) is 1.49. The minimum atomic E-state index is -1.41. The van der Waals surface area contributed by atoms with E-state index in [9.17, 15) is 19.8 Å². The van der Waals surface area contributed by atoms with Gasteiger partial charge in [0.2, 0.25) is 0 Å². The Hall–Kier alpha value is -2.91. The normalized spacial score (nSPS) is 12.6. The molecule has 0 aliphatic carbocycles. The lowest BCUT2D eigenvalue weighted by Crippen LogP contribution is -2.49. The maximum Gasteiger partial charge on any atom is 0.327 e. The van der Waals surface area contributed by atoms with E-state index in [0.29, 0.717) is 0 Å². The van der Waals surface area contributed by atoms with Crippen LogP contribution in [0.4, 0.5) is 21.1 Å². The number of nitrogens with one attached hydrogen (secondary N) is 2. The zero-order valence-corrected chi connectivity index (χ0v) is 11.6. The van der Waals surface area contributed by atoms with Crippen molar-refractivity contribution in [1.82, 2.24) is 10.3 Å². The number of amides is 4. The van der Waals surface area contributed by atoms with Gasteiger partial charge in [0.05, 0.1) is 0 Å². The number of aliphatic hydroxyl groups is 2. The van der Waals surface area contributed by atoms with Crippen molar-refractivity contribution in [1.29, 1.82) is 0 Å². The minimum Gasteiger partial charge on any atom is -0.370 e. The van der Waals surface area contributed by atoms with Gasteiger partial charge in [0.15, 0.2) is 6.23 Å². The zero-order valence-electron chi connectivity index (χ0n) is 11.6. The van der Waals surface area contributed by atoms with Crippen molar-refractivity contribution in [3.8, 4) is 0 Å². The third-order valence-corrected chi connectivity index (χ3v) is 2.45. The van der Waals surface area contributed by atoms with Crippen molar-refractivity contribution in [2.45, 2.75) is 12.5 Å². The van der Waals surface area contributed by atoms with Crippen LogP contribution in [0.25, 0.3) is 0 Å². The van der Waals surface area contributed by atoms with Gasteiger partial charge in [0, 0.05) is 18.0 Å². The summed E-state index contributed by atoms with van der Waals surface area (Å²) in [6.07, 6.45) is 0.776. The molecule has 6 N–H and O–H groups in total. The second-order valence-corrected chi connectivity index (χ2v) is 4.04. The predicted octanol–water partition coefficient (Wildman–Crippen LogP) is 0.0970. The van der Waals surface area contributed by atoms with E-state index < -0.39 is 24.5 Å². The number of nitrogens with two attached hydrogens (primary N) is 1. The van der Waals surface area contributed by atoms with E-state index in [1.54, 1.807) is 0 Å². The highest BCUT2D eigenvalue weighted by Gasteiger charge is 2.24. The molecule has 0 radical (unpaired) electrons. The molecule has 2 unspecified atom stereocenters. The van der Waals surface area contributed by atoms with Crippen LogP contribution in [0.2, 0.25) is 0 Å². The van der Waals surface area contributed by atoms with Crippen LogP contribution in [0, 0.1) is 0 Å². The molecule has 0 saturated heterocycles. The molecule has 118 valence electrons. The van der Waals surface area contributed by atoms with Gasteiger partial charge in [-0.05, 0) is 18.2 Å². The van der Waals surface area contributed by atoms with Gasteiger partial charge < -0.3 is 26.6 Å². The van der Waals surface area contributed by atoms with E-state index in [-0.39, 0.29) is 11.5 Å². The highest BCUT2D eigenvalue weighted by Crippen LogP contribution is 2.18. The van der Waals surface area contributed by atoms with Crippen LogP contribution in [-0.2, 0) is 0 Å². The topological polar surface area (TPSA) is 141 Å². The standard InChI is InChI=1S/C13H17N5O4/c1-3-10(19)17-13(22)18(11(20)4-2)9-7-8(5-6-15-9)16-12(14)21/h3-7,10-11,19-20H,1-2H2,(H,17,22)(H3,14,15,16,21). The highest BCUT2D eigenvalue weighted by molar-refractivity contribution is 5.93. The Kier molecular flexibility index (Phi) is 6.05. The van der Waals surface area contributed by atoms with Gasteiger partial charge in [0.25, 0.3) is 0 Å². The van der Waals surface area contributed by atoms with Crippen LogP contribution in [-0.4, -0.2) is 39.7 Å². The summed E-state index contributed by atoms with van der Waals surface area (Å²) < 4.78 is 0. The summed E-state index contributed by atoms with van der Waals surface area (Å²) in [6.45, 7) is 6.70. The van der Waals surface area contributed by atoms with E-state index in [1.165, 1.54) is 18.3 Å². The van der Waals surface area contributed by atoms with Gasteiger partial charge in [-0.1, -0.05) is 13.2 Å². The van der Waals surface area contributed by atoms with E-state index >= 15 is 0 Å². The first-order chi connectivity index (χ1) is 10.4. The van der Waals surface area contributed by atoms with E-state index in [2.05, 4.69) is 28.8 Å². The van der Waals surface area contributed by atoms with E-state index in [0.717, 1.165) is 17.1 Å². The molecular formula is C13H17N5O4. The van der Waals surface area contributed by atoms with Crippen molar-refractivity contribution in [3.63, 3.8) is 0 Å². The van der Waals surface area contributed by atoms with Crippen molar-refractivity contribution in [2.24, 2.45) is 5.73 Å². The summed E-state index contributed by atoms with van der Waals surface area (Å²) in [7, 11) is 0. The summed E-state index contributed by atoms with van der Waals surface area (Å²) >= 11 is 0. The van der Waals surface area contributed by atoms with Crippen molar-refractivity contribution in [3.05, 3.63) is 43.6 Å². The Balaban J connectivity index is 3.11. The van der Waals surface area contributed by atoms with E-state index in [4.69, 9.17) is 5.73 Å². The van der Waals surface area contributed by atoms with Gasteiger partial charge in [-0.2, -0.15) is 0 Å². The van der Waals surface area contributed by atoms with Crippen LogP contribution >= 0.6 is 0 Å². The molecule has 0 saturated carbocycles. The fourth-order valence-corrected chi connectivity index (χ4v) is 1.49. The number of nitrogens with zero attached hydrogens (tertiary/aromatic N) is 2. The van der Waals surface area contributed by atoms with Crippen LogP contribution < -0.4 is 21.3 Å². The lowest BCUT2D eigenvalue weighted by atomic mass is 10.3. The average Bonchev–Trinajstić information content (AvgIpc) is 2.46. The predicted molar refractivity (Wildman–Crippen MR) is 80.9 cm³/mol. The lowest BCUT2D eigenvalue weighted by molar-refractivity contribution is 0.168. The first kappa shape index (κ1) is 17.1. The Morgan fingerprint density at radius 1 is 1.36 bits per heavy atom. The van der Waals surface area contributed by atoms with Crippen molar-refractivity contribution >= 4 is 23.6 Å². The fraction of sp³-hybridized carbons (Fsp3) is 0.154. The van der Waals surface area contributed by atoms with Crippen LogP contribution in [0.15, 0.2) is 43.6 Å². The number of carbonyl (C=O) groups is 2.